The highest BCUT2D eigenvalue weighted by atomic mass is 31.1. The van der Waals surface area contributed by atoms with Crippen LogP contribution in [0.25, 0.3) is 0 Å². The highest BCUT2D eigenvalue weighted by molar-refractivity contribution is 7.44. The van der Waals surface area contributed by atoms with Crippen molar-refractivity contribution in [2.24, 2.45) is 0 Å². The summed E-state index contributed by atoms with van der Waals surface area (Å²) in [5, 5.41) is 1.41. The van der Waals surface area contributed by atoms with Gasteiger partial charge in [0.1, 0.15) is 0 Å². The van der Waals surface area contributed by atoms with Gasteiger partial charge in [-0.3, -0.25) is 4.67 Å². The standard InChI is InChI=1S/C12H20NP/c1-12(2,3)10-6-8-11(9-7-10)14-13(4)5/h6-9,14H,1-5H3. The molecule has 0 saturated carbocycles. The molecule has 2 heteroatoms. The summed E-state index contributed by atoms with van der Waals surface area (Å²) >= 11 is 0. The van der Waals surface area contributed by atoms with Gasteiger partial charge in [-0.05, 0) is 39.1 Å². The van der Waals surface area contributed by atoms with E-state index in [1.807, 2.05) is 0 Å². The Kier molecular flexibility index (Phi) is 3.69. The molecule has 0 amide bonds. The fraction of sp³-hybridized carbons (Fsp3) is 0.500. The van der Waals surface area contributed by atoms with Crippen molar-refractivity contribution in [3.8, 4) is 0 Å². The number of benzene rings is 1. The second-order valence-electron chi connectivity index (χ2n) is 4.83. The highest BCUT2D eigenvalue weighted by Crippen LogP contribution is 2.22. The molecule has 0 bridgehead atoms. The van der Waals surface area contributed by atoms with Gasteiger partial charge in [-0.25, -0.2) is 0 Å². The molecule has 1 aromatic carbocycles. The lowest BCUT2D eigenvalue weighted by Crippen LogP contribution is -2.12. The summed E-state index contributed by atoms with van der Waals surface area (Å²) in [6, 6.07) is 8.95. The van der Waals surface area contributed by atoms with Crippen molar-refractivity contribution >= 4 is 14.0 Å². The van der Waals surface area contributed by atoms with Crippen molar-refractivity contribution in [3.63, 3.8) is 0 Å². The van der Waals surface area contributed by atoms with E-state index >= 15 is 0 Å². The van der Waals surface area contributed by atoms with Crippen molar-refractivity contribution in [3.05, 3.63) is 29.8 Å². The molecular formula is C12H20NP. The Hall–Kier alpha value is -0.390. The fourth-order valence-electron chi connectivity index (χ4n) is 1.30. The Morgan fingerprint density at radius 3 is 1.86 bits per heavy atom. The van der Waals surface area contributed by atoms with E-state index in [0.717, 1.165) is 8.73 Å². The molecule has 0 fully saturated rings. The second kappa shape index (κ2) is 4.42. The lowest BCUT2D eigenvalue weighted by molar-refractivity contribution is 0.590. The summed E-state index contributed by atoms with van der Waals surface area (Å²) in [5.74, 6) is 0. The van der Waals surface area contributed by atoms with Crippen LogP contribution in [0.2, 0.25) is 0 Å². The minimum absolute atomic E-state index is 0.264. The first kappa shape index (κ1) is 11.7. The topological polar surface area (TPSA) is 3.24 Å². The zero-order valence-electron chi connectivity index (χ0n) is 9.76. The normalized spacial score (nSPS) is 13.0. The Morgan fingerprint density at radius 2 is 1.50 bits per heavy atom. The first-order chi connectivity index (χ1) is 6.39. The van der Waals surface area contributed by atoms with Crippen LogP contribution in [0.5, 0.6) is 0 Å². The quantitative estimate of drug-likeness (QED) is 0.677. The minimum atomic E-state index is 0.264. The van der Waals surface area contributed by atoms with Crippen molar-refractivity contribution in [1.29, 1.82) is 0 Å². The monoisotopic (exact) mass is 209 g/mol. The smallest absolute Gasteiger partial charge is 0.00966 e. The maximum absolute atomic E-state index is 2.25. The number of hydrogen-bond donors (Lipinski definition) is 0. The number of rotatable bonds is 2. The summed E-state index contributed by atoms with van der Waals surface area (Å²) in [7, 11) is 4.99. The van der Waals surface area contributed by atoms with E-state index in [4.69, 9.17) is 0 Å². The third-order valence-electron chi connectivity index (χ3n) is 2.10. The van der Waals surface area contributed by atoms with Crippen LogP contribution in [0.3, 0.4) is 0 Å². The van der Waals surface area contributed by atoms with E-state index in [-0.39, 0.29) is 5.41 Å². The van der Waals surface area contributed by atoms with Crippen LogP contribution in [0, 0.1) is 0 Å². The van der Waals surface area contributed by atoms with Crippen LogP contribution in [0.4, 0.5) is 0 Å². The molecule has 14 heavy (non-hydrogen) atoms. The number of hydrogen-bond acceptors (Lipinski definition) is 1. The highest BCUT2D eigenvalue weighted by Gasteiger charge is 2.12. The van der Waals surface area contributed by atoms with Gasteiger partial charge < -0.3 is 0 Å². The van der Waals surface area contributed by atoms with Gasteiger partial charge in [0, 0.05) is 0 Å². The maximum atomic E-state index is 2.25. The summed E-state index contributed by atoms with van der Waals surface area (Å²) in [4.78, 5) is 0. The second-order valence-corrected chi connectivity index (χ2v) is 6.53. The lowest BCUT2D eigenvalue weighted by atomic mass is 9.87. The third-order valence-corrected chi connectivity index (χ3v) is 3.14. The van der Waals surface area contributed by atoms with Gasteiger partial charge in [-0.1, -0.05) is 45.0 Å². The van der Waals surface area contributed by atoms with E-state index in [0.29, 0.717) is 0 Å². The van der Waals surface area contributed by atoms with Crippen LogP contribution >= 0.6 is 8.73 Å². The molecule has 0 aliphatic carbocycles. The van der Waals surface area contributed by atoms with E-state index in [2.05, 4.69) is 63.8 Å². The van der Waals surface area contributed by atoms with E-state index in [1.54, 1.807) is 0 Å². The SMILES string of the molecule is CN(C)Pc1ccc(C(C)(C)C)cc1. The molecule has 1 aromatic rings. The Bertz CT molecular complexity index is 282. The first-order valence-electron chi connectivity index (χ1n) is 4.94. The van der Waals surface area contributed by atoms with Gasteiger partial charge in [-0.15, -0.1) is 0 Å². The van der Waals surface area contributed by atoms with Crippen molar-refractivity contribution in [2.45, 2.75) is 26.2 Å². The molecule has 78 valence electrons. The summed E-state index contributed by atoms with van der Waals surface area (Å²) in [5.41, 5.74) is 1.67. The minimum Gasteiger partial charge on any atom is -0.287 e. The van der Waals surface area contributed by atoms with Gasteiger partial charge in [-0.2, -0.15) is 0 Å². The Labute approximate surface area is 89.4 Å². The molecule has 1 rings (SSSR count). The molecular weight excluding hydrogens is 189 g/mol. The van der Waals surface area contributed by atoms with Crippen LogP contribution in [0.15, 0.2) is 24.3 Å². The van der Waals surface area contributed by atoms with E-state index in [1.165, 1.54) is 10.9 Å². The Morgan fingerprint density at radius 1 is 1.00 bits per heavy atom. The third kappa shape index (κ3) is 3.40. The molecule has 0 aromatic heterocycles. The molecule has 1 unspecified atom stereocenters. The van der Waals surface area contributed by atoms with Gasteiger partial charge in [0.2, 0.25) is 0 Å². The van der Waals surface area contributed by atoms with Gasteiger partial charge in [0.25, 0.3) is 0 Å². The molecule has 0 N–H and O–H groups in total. The van der Waals surface area contributed by atoms with Crippen LogP contribution in [-0.4, -0.2) is 18.8 Å². The van der Waals surface area contributed by atoms with Gasteiger partial charge >= 0.3 is 0 Å². The number of nitrogens with zero attached hydrogens (tertiary/aromatic N) is 1. The average Bonchev–Trinajstić information content (AvgIpc) is 2.02. The summed E-state index contributed by atoms with van der Waals surface area (Å²) in [6.07, 6.45) is 0. The molecule has 0 saturated heterocycles. The summed E-state index contributed by atoms with van der Waals surface area (Å²) < 4.78 is 2.21. The lowest BCUT2D eigenvalue weighted by Gasteiger charge is -2.19. The molecule has 0 spiro atoms. The Balaban J connectivity index is 2.79. The van der Waals surface area contributed by atoms with Crippen LogP contribution in [-0.2, 0) is 5.41 Å². The zero-order valence-corrected chi connectivity index (χ0v) is 10.8. The van der Waals surface area contributed by atoms with Crippen molar-refractivity contribution in [1.82, 2.24) is 4.67 Å². The molecule has 0 aliphatic heterocycles. The van der Waals surface area contributed by atoms with Gasteiger partial charge in [0.15, 0.2) is 0 Å². The molecule has 0 heterocycles. The summed E-state index contributed by atoms with van der Waals surface area (Å²) in [6.45, 7) is 6.74. The largest absolute Gasteiger partial charge is 0.287 e. The molecule has 0 radical (unpaired) electrons. The predicted octanol–water partition coefficient (Wildman–Crippen LogP) is 2.76. The molecule has 1 atom stereocenters. The molecule has 0 aliphatic rings. The zero-order chi connectivity index (χ0) is 10.8. The van der Waals surface area contributed by atoms with Crippen LogP contribution in [0.1, 0.15) is 26.3 Å². The van der Waals surface area contributed by atoms with E-state index < -0.39 is 0 Å². The van der Waals surface area contributed by atoms with Crippen molar-refractivity contribution < 1.29 is 0 Å². The first-order valence-corrected chi connectivity index (χ1v) is 5.89. The maximum Gasteiger partial charge on any atom is -0.00966 e. The van der Waals surface area contributed by atoms with Gasteiger partial charge in [0.05, 0.1) is 0 Å². The van der Waals surface area contributed by atoms with Crippen molar-refractivity contribution in [2.75, 3.05) is 14.1 Å². The van der Waals surface area contributed by atoms with E-state index in [9.17, 15) is 0 Å². The average molecular weight is 209 g/mol. The fourth-order valence-corrected chi connectivity index (χ4v) is 2.14. The molecule has 1 nitrogen and oxygen atoms in total. The predicted molar refractivity (Wildman–Crippen MR) is 66.8 cm³/mol. The van der Waals surface area contributed by atoms with Crippen LogP contribution < -0.4 is 5.30 Å².